The SMILES string of the molecule is C[C@@H]1CC(=O)c2cc(Cl)c(Cl)cc2O1. The smallest absolute Gasteiger partial charge is 0.170 e. The average Bonchev–Trinajstić information content (AvgIpc) is 2.08. The van der Waals surface area contributed by atoms with Crippen LogP contribution in [0.2, 0.25) is 10.0 Å². The molecule has 1 aromatic carbocycles. The molecule has 0 N–H and O–H groups in total. The maximum atomic E-state index is 11.6. The second kappa shape index (κ2) is 3.44. The molecule has 74 valence electrons. The van der Waals surface area contributed by atoms with E-state index in [1.165, 1.54) is 0 Å². The lowest BCUT2D eigenvalue weighted by atomic mass is 10.0. The molecule has 0 fully saturated rings. The number of hydrogen-bond donors (Lipinski definition) is 0. The van der Waals surface area contributed by atoms with Gasteiger partial charge in [-0.1, -0.05) is 23.2 Å². The summed E-state index contributed by atoms with van der Waals surface area (Å²) in [5.41, 5.74) is 0.525. The van der Waals surface area contributed by atoms with Crippen molar-refractivity contribution in [3.63, 3.8) is 0 Å². The van der Waals surface area contributed by atoms with Gasteiger partial charge in [0, 0.05) is 12.5 Å². The first-order valence-corrected chi connectivity index (χ1v) is 5.02. The van der Waals surface area contributed by atoms with E-state index in [0.29, 0.717) is 27.8 Å². The van der Waals surface area contributed by atoms with Gasteiger partial charge in [0.2, 0.25) is 0 Å². The Morgan fingerprint density at radius 2 is 2.00 bits per heavy atom. The minimum absolute atomic E-state index is 0.0531. The quantitative estimate of drug-likeness (QED) is 0.684. The van der Waals surface area contributed by atoms with Crippen LogP contribution in [0.1, 0.15) is 23.7 Å². The molecule has 14 heavy (non-hydrogen) atoms. The maximum absolute atomic E-state index is 11.6. The standard InChI is InChI=1S/C10H8Cl2O2/c1-5-2-9(13)6-3-7(11)8(12)4-10(6)14-5/h3-5H,2H2,1H3/t5-/m1/s1. The lowest BCUT2D eigenvalue weighted by Crippen LogP contribution is -2.23. The number of fused-ring (bicyclic) bond motifs is 1. The van der Waals surface area contributed by atoms with Gasteiger partial charge >= 0.3 is 0 Å². The third kappa shape index (κ3) is 1.60. The van der Waals surface area contributed by atoms with Crippen molar-refractivity contribution in [3.05, 3.63) is 27.7 Å². The highest BCUT2D eigenvalue weighted by Gasteiger charge is 2.24. The van der Waals surface area contributed by atoms with E-state index < -0.39 is 0 Å². The van der Waals surface area contributed by atoms with E-state index >= 15 is 0 Å². The highest BCUT2D eigenvalue weighted by Crippen LogP contribution is 2.34. The van der Waals surface area contributed by atoms with Crippen LogP contribution in [0.3, 0.4) is 0 Å². The van der Waals surface area contributed by atoms with Crippen LogP contribution in [-0.4, -0.2) is 11.9 Å². The van der Waals surface area contributed by atoms with Gasteiger partial charge in [0.05, 0.1) is 15.6 Å². The zero-order valence-corrected chi connectivity index (χ0v) is 9.02. The number of hydrogen-bond acceptors (Lipinski definition) is 2. The number of carbonyl (C=O) groups excluding carboxylic acids is 1. The lowest BCUT2D eigenvalue weighted by molar-refractivity contribution is 0.0871. The average molecular weight is 231 g/mol. The predicted molar refractivity (Wildman–Crippen MR) is 55.5 cm³/mol. The van der Waals surface area contributed by atoms with Crippen molar-refractivity contribution in [1.82, 2.24) is 0 Å². The summed E-state index contributed by atoms with van der Waals surface area (Å²) in [5.74, 6) is 0.584. The molecule has 0 bridgehead atoms. The largest absolute Gasteiger partial charge is 0.489 e. The van der Waals surface area contributed by atoms with Crippen LogP contribution in [0.4, 0.5) is 0 Å². The van der Waals surface area contributed by atoms with Crippen molar-refractivity contribution in [1.29, 1.82) is 0 Å². The molecule has 0 aliphatic carbocycles. The molecule has 1 aromatic rings. The third-order valence-electron chi connectivity index (χ3n) is 2.12. The molecule has 1 heterocycles. The molecule has 0 spiro atoms. The van der Waals surface area contributed by atoms with Crippen LogP contribution in [-0.2, 0) is 0 Å². The molecular weight excluding hydrogens is 223 g/mol. The molecule has 0 saturated heterocycles. The summed E-state index contributed by atoms with van der Waals surface area (Å²) in [4.78, 5) is 11.6. The zero-order valence-electron chi connectivity index (χ0n) is 7.51. The van der Waals surface area contributed by atoms with Crippen molar-refractivity contribution in [3.8, 4) is 5.75 Å². The van der Waals surface area contributed by atoms with Crippen LogP contribution in [0, 0.1) is 0 Å². The first-order chi connectivity index (χ1) is 6.58. The number of ketones is 1. The Morgan fingerprint density at radius 3 is 2.71 bits per heavy atom. The van der Waals surface area contributed by atoms with Crippen LogP contribution >= 0.6 is 23.2 Å². The molecule has 2 nitrogen and oxygen atoms in total. The molecule has 0 radical (unpaired) electrons. The number of benzene rings is 1. The van der Waals surface area contributed by atoms with Gasteiger partial charge < -0.3 is 4.74 Å². The summed E-state index contributed by atoms with van der Waals surface area (Å²) < 4.78 is 5.47. The number of carbonyl (C=O) groups is 1. The van der Waals surface area contributed by atoms with Gasteiger partial charge in [0.25, 0.3) is 0 Å². The molecule has 0 aromatic heterocycles. The van der Waals surface area contributed by atoms with Crippen molar-refractivity contribution < 1.29 is 9.53 Å². The fourth-order valence-corrected chi connectivity index (χ4v) is 1.79. The van der Waals surface area contributed by atoms with E-state index in [-0.39, 0.29) is 11.9 Å². The summed E-state index contributed by atoms with van der Waals surface area (Å²) >= 11 is 11.6. The summed E-state index contributed by atoms with van der Waals surface area (Å²) in [5, 5.41) is 0.796. The van der Waals surface area contributed by atoms with Crippen molar-refractivity contribution in [2.75, 3.05) is 0 Å². The van der Waals surface area contributed by atoms with E-state index in [0.717, 1.165) is 0 Å². The fraction of sp³-hybridized carbons (Fsp3) is 0.300. The van der Waals surface area contributed by atoms with Gasteiger partial charge in [-0.2, -0.15) is 0 Å². The van der Waals surface area contributed by atoms with Crippen LogP contribution in [0.5, 0.6) is 5.75 Å². The summed E-state index contributed by atoms with van der Waals surface area (Å²) in [6.07, 6.45) is 0.303. The van der Waals surface area contributed by atoms with Crippen molar-refractivity contribution >= 4 is 29.0 Å². The topological polar surface area (TPSA) is 26.3 Å². The van der Waals surface area contributed by atoms with E-state index in [1.807, 2.05) is 6.92 Å². The Kier molecular flexibility index (Phi) is 2.41. The molecule has 1 atom stereocenters. The maximum Gasteiger partial charge on any atom is 0.170 e. The van der Waals surface area contributed by atoms with Crippen LogP contribution in [0.25, 0.3) is 0 Å². The normalized spacial score (nSPS) is 20.2. The minimum atomic E-state index is -0.0905. The Morgan fingerprint density at radius 1 is 1.36 bits per heavy atom. The van der Waals surface area contributed by atoms with E-state index in [9.17, 15) is 4.79 Å². The Labute approximate surface area is 91.8 Å². The molecule has 2 rings (SSSR count). The summed E-state index contributed by atoms with van der Waals surface area (Å²) in [6.45, 7) is 1.85. The second-order valence-electron chi connectivity index (χ2n) is 3.32. The van der Waals surface area contributed by atoms with Gasteiger partial charge in [-0.25, -0.2) is 0 Å². The van der Waals surface area contributed by atoms with E-state index in [1.54, 1.807) is 12.1 Å². The first kappa shape index (κ1) is 9.81. The van der Waals surface area contributed by atoms with Crippen LogP contribution < -0.4 is 4.74 Å². The Bertz CT molecular complexity index is 401. The second-order valence-corrected chi connectivity index (χ2v) is 4.13. The number of ether oxygens (including phenoxy) is 1. The summed E-state index contributed by atoms with van der Waals surface area (Å²) in [6, 6.07) is 3.15. The monoisotopic (exact) mass is 230 g/mol. The first-order valence-electron chi connectivity index (χ1n) is 4.27. The molecule has 1 aliphatic heterocycles. The van der Waals surface area contributed by atoms with Crippen molar-refractivity contribution in [2.45, 2.75) is 19.4 Å². The molecular formula is C10H8Cl2O2. The van der Waals surface area contributed by atoms with Gasteiger partial charge in [0.1, 0.15) is 11.9 Å². The molecule has 4 heteroatoms. The number of rotatable bonds is 0. The molecule has 1 aliphatic rings. The Balaban J connectivity index is 2.55. The molecule has 0 unspecified atom stereocenters. The number of halogens is 2. The predicted octanol–water partition coefficient (Wildman–Crippen LogP) is 3.35. The lowest BCUT2D eigenvalue weighted by Gasteiger charge is -2.22. The van der Waals surface area contributed by atoms with Gasteiger partial charge in [0.15, 0.2) is 5.78 Å². The zero-order chi connectivity index (χ0) is 10.3. The Hall–Kier alpha value is -0.730. The number of Topliss-reactive ketones (excluding diaryl/α,β-unsaturated/α-hetero) is 1. The van der Waals surface area contributed by atoms with E-state index in [4.69, 9.17) is 27.9 Å². The highest BCUT2D eigenvalue weighted by molar-refractivity contribution is 6.42. The van der Waals surface area contributed by atoms with Crippen LogP contribution in [0.15, 0.2) is 12.1 Å². The minimum Gasteiger partial charge on any atom is -0.489 e. The molecule has 0 saturated carbocycles. The third-order valence-corrected chi connectivity index (χ3v) is 2.85. The van der Waals surface area contributed by atoms with Gasteiger partial charge in [-0.15, -0.1) is 0 Å². The summed E-state index contributed by atoms with van der Waals surface area (Å²) in [7, 11) is 0. The van der Waals surface area contributed by atoms with E-state index in [2.05, 4.69) is 0 Å². The van der Waals surface area contributed by atoms with Crippen molar-refractivity contribution in [2.24, 2.45) is 0 Å². The highest BCUT2D eigenvalue weighted by atomic mass is 35.5. The van der Waals surface area contributed by atoms with Gasteiger partial charge in [-0.3, -0.25) is 4.79 Å². The fourth-order valence-electron chi connectivity index (χ4n) is 1.47. The molecule has 0 amide bonds. The van der Waals surface area contributed by atoms with Gasteiger partial charge in [-0.05, 0) is 13.0 Å².